The van der Waals surface area contributed by atoms with Gasteiger partial charge in [0.15, 0.2) is 5.78 Å². The molecule has 0 saturated heterocycles. The van der Waals surface area contributed by atoms with Crippen molar-refractivity contribution in [1.29, 1.82) is 0 Å². The van der Waals surface area contributed by atoms with Crippen molar-refractivity contribution in [2.75, 3.05) is 0 Å². The zero-order chi connectivity index (χ0) is 14.8. The van der Waals surface area contributed by atoms with E-state index in [4.69, 9.17) is 0 Å². The molecule has 0 aromatic heterocycles. The molecule has 0 aliphatic rings. The van der Waals surface area contributed by atoms with Crippen LogP contribution in [0.1, 0.15) is 60.8 Å². The van der Waals surface area contributed by atoms with Crippen LogP contribution in [0.4, 0.5) is 0 Å². The van der Waals surface area contributed by atoms with Crippen LogP contribution in [0.25, 0.3) is 0 Å². The van der Waals surface area contributed by atoms with Crippen molar-refractivity contribution >= 4 is 5.78 Å². The van der Waals surface area contributed by atoms with Crippen molar-refractivity contribution in [3.05, 3.63) is 46.6 Å². The fourth-order valence-corrected chi connectivity index (χ4v) is 2.10. The summed E-state index contributed by atoms with van der Waals surface area (Å²) in [5.41, 5.74) is 4.38. The number of hydrogen-bond acceptors (Lipinski definition) is 1. The van der Waals surface area contributed by atoms with Gasteiger partial charge in [-0.25, -0.2) is 0 Å². The molecule has 0 N–H and O–H groups in total. The first kappa shape index (κ1) is 17.6. The van der Waals surface area contributed by atoms with E-state index in [1.165, 1.54) is 11.1 Å². The van der Waals surface area contributed by atoms with E-state index >= 15 is 0 Å². The third kappa shape index (κ3) is 6.37. The van der Waals surface area contributed by atoms with Crippen molar-refractivity contribution in [2.45, 2.75) is 60.8 Å². The van der Waals surface area contributed by atoms with Gasteiger partial charge in [0.05, 0.1) is 0 Å². The van der Waals surface area contributed by atoms with Gasteiger partial charge in [0, 0.05) is 5.57 Å². The lowest BCUT2D eigenvalue weighted by molar-refractivity contribution is -0.113. The van der Waals surface area contributed by atoms with Gasteiger partial charge in [0.1, 0.15) is 0 Å². The van der Waals surface area contributed by atoms with Crippen molar-refractivity contribution in [1.82, 2.24) is 0 Å². The Labute approximate surface area is 118 Å². The maximum Gasteiger partial charge on any atom is 0.160 e. The Kier molecular flexibility index (Phi) is 8.86. The second-order valence-electron chi connectivity index (χ2n) is 4.90. The molecule has 0 radical (unpaired) electrons. The van der Waals surface area contributed by atoms with Gasteiger partial charge >= 0.3 is 0 Å². The zero-order valence-electron chi connectivity index (χ0n) is 13.3. The predicted molar refractivity (Wildman–Crippen MR) is 85.2 cm³/mol. The first-order valence-electron chi connectivity index (χ1n) is 7.20. The molecule has 0 spiro atoms. The Balaban J connectivity index is 5.53. The summed E-state index contributed by atoms with van der Waals surface area (Å²) in [6.45, 7) is 12.1. The summed E-state index contributed by atoms with van der Waals surface area (Å²) < 4.78 is 0. The highest BCUT2D eigenvalue weighted by molar-refractivity contribution is 5.99. The number of carbonyl (C=O) groups is 1. The maximum absolute atomic E-state index is 11.7. The van der Waals surface area contributed by atoms with E-state index in [-0.39, 0.29) is 5.78 Å². The largest absolute Gasteiger partial charge is 0.295 e. The molecular weight excluding hydrogens is 232 g/mol. The molecule has 0 aliphatic heterocycles. The number of carbonyl (C=O) groups excluding carboxylic acids is 1. The smallest absolute Gasteiger partial charge is 0.160 e. The van der Waals surface area contributed by atoms with Gasteiger partial charge in [-0.05, 0) is 51.7 Å². The van der Waals surface area contributed by atoms with Gasteiger partial charge in [-0.3, -0.25) is 4.79 Å². The SMILES string of the molecule is C/C=C(C(C)=O)/C(=C/C=C(/C)CCC)C(C)=CCC. The minimum absolute atomic E-state index is 0.124. The van der Waals surface area contributed by atoms with E-state index in [0.29, 0.717) is 0 Å². The summed E-state index contributed by atoms with van der Waals surface area (Å²) in [4.78, 5) is 11.7. The second-order valence-corrected chi connectivity index (χ2v) is 4.90. The van der Waals surface area contributed by atoms with Crippen LogP contribution in [-0.4, -0.2) is 5.78 Å². The molecule has 0 atom stereocenters. The lowest BCUT2D eigenvalue weighted by Gasteiger charge is -2.10. The monoisotopic (exact) mass is 260 g/mol. The molecule has 19 heavy (non-hydrogen) atoms. The molecule has 0 aliphatic carbocycles. The summed E-state index contributed by atoms with van der Waals surface area (Å²) in [5.74, 6) is 0.124. The highest BCUT2D eigenvalue weighted by Gasteiger charge is 2.10. The quantitative estimate of drug-likeness (QED) is 0.433. The number of ketones is 1. The lowest BCUT2D eigenvalue weighted by atomic mass is 9.94. The molecule has 0 amide bonds. The Bertz CT molecular complexity index is 417. The van der Waals surface area contributed by atoms with Crippen LogP contribution in [0.2, 0.25) is 0 Å². The average Bonchev–Trinajstić information content (AvgIpc) is 2.34. The summed E-state index contributed by atoms with van der Waals surface area (Å²) in [5, 5.41) is 0. The molecule has 0 bridgehead atoms. The normalized spacial score (nSPS) is 14.8. The van der Waals surface area contributed by atoms with E-state index in [2.05, 4.69) is 45.9 Å². The van der Waals surface area contributed by atoms with E-state index in [9.17, 15) is 4.79 Å². The van der Waals surface area contributed by atoms with Crippen LogP contribution in [-0.2, 0) is 4.79 Å². The van der Waals surface area contributed by atoms with Gasteiger partial charge in [0.25, 0.3) is 0 Å². The van der Waals surface area contributed by atoms with Crippen molar-refractivity contribution < 1.29 is 4.79 Å². The lowest BCUT2D eigenvalue weighted by Crippen LogP contribution is -2.01. The molecule has 0 unspecified atom stereocenters. The Morgan fingerprint density at radius 3 is 2.05 bits per heavy atom. The van der Waals surface area contributed by atoms with Crippen LogP contribution in [0.15, 0.2) is 46.6 Å². The predicted octanol–water partition coefficient (Wildman–Crippen LogP) is 5.55. The van der Waals surface area contributed by atoms with Crippen LogP contribution in [0, 0.1) is 0 Å². The zero-order valence-corrected chi connectivity index (χ0v) is 13.3. The summed E-state index contributed by atoms with van der Waals surface area (Å²) >= 11 is 0. The topological polar surface area (TPSA) is 17.1 Å². The number of allylic oxidation sites excluding steroid dienone is 8. The number of Topliss-reactive ketones (excluding diaryl/α,β-unsaturated/α-hetero) is 1. The van der Waals surface area contributed by atoms with Crippen molar-refractivity contribution in [2.24, 2.45) is 0 Å². The average molecular weight is 260 g/mol. The minimum Gasteiger partial charge on any atom is -0.295 e. The molecule has 1 nitrogen and oxygen atoms in total. The third-order valence-corrected chi connectivity index (χ3v) is 3.07. The van der Waals surface area contributed by atoms with Crippen LogP contribution in [0.3, 0.4) is 0 Å². The Hall–Kier alpha value is -1.37. The van der Waals surface area contributed by atoms with Gasteiger partial charge in [0.2, 0.25) is 0 Å². The molecule has 0 rings (SSSR count). The minimum atomic E-state index is 0.124. The molecule has 0 heterocycles. The first-order valence-corrected chi connectivity index (χ1v) is 7.20. The first-order chi connectivity index (χ1) is 8.97. The van der Waals surface area contributed by atoms with Crippen LogP contribution < -0.4 is 0 Å². The van der Waals surface area contributed by atoms with Crippen molar-refractivity contribution in [3.8, 4) is 0 Å². The molecule has 106 valence electrons. The molecule has 0 aromatic rings. The van der Waals surface area contributed by atoms with E-state index in [1.54, 1.807) is 6.92 Å². The molecular formula is C18H28O. The Morgan fingerprint density at radius 2 is 1.63 bits per heavy atom. The molecule has 1 heteroatoms. The Morgan fingerprint density at radius 1 is 1.00 bits per heavy atom. The van der Waals surface area contributed by atoms with Crippen LogP contribution in [0.5, 0.6) is 0 Å². The molecule has 0 saturated carbocycles. The fraction of sp³-hybridized carbons (Fsp3) is 0.500. The van der Waals surface area contributed by atoms with E-state index in [1.807, 2.05) is 13.0 Å². The summed E-state index contributed by atoms with van der Waals surface area (Å²) in [6.07, 6.45) is 11.5. The van der Waals surface area contributed by atoms with Crippen molar-refractivity contribution in [3.63, 3.8) is 0 Å². The number of hydrogen-bond donors (Lipinski definition) is 0. The molecule has 0 aromatic carbocycles. The van der Waals surface area contributed by atoms with E-state index in [0.717, 1.165) is 30.4 Å². The summed E-state index contributed by atoms with van der Waals surface area (Å²) in [7, 11) is 0. The summed E-state index contributed by atoms with van der Waals surface area (Å²) in [6, 6.07) is 0. The third-order valence-electron chi connectivity index (χ3n) is 3.07. The van der Waals surface area contributed by atoms with Crippen LogP contribution >= 0.6 is 0 Å². The standard InChI is InChI=1S/C18H28O/c1-7-10-14(4)12-13-18(15(5)11-8-2)17(9-3)16(6)19/h9,11-13H,7-8,10H2,1-6H3/b14-12-,15-11?,17-9+,18-13+. The van der Waals surface area contributed by atoms with Gasteiger partial charge in [-0.1, -0.05) is 50.1 Å². The van der Waals surface area contributed by atoms with Gasteiger partial charge < -0.3 is 0 Å². The highest BCUT2D eigenvalue weighted by Crippen LogP contribution is 2.21. The maximum atomic E-state index is 11.7. The van der Waals surface area contributed by atoms with E-state index < -0.39 is 0 Å². The van der Waals surface area contributed by atoms with Gasteiger partial charge in [-0.2, -0.15) is 0 Å². The number of rotatable bonds is 7. The molecule has 0 fully saturated rings. The fourth-order valence-electron chi connectivity index (χ4n) is 2.10. The second kappa shape index (κ2) is 9.55. The highest BCUT2D eigenvalue weighted by atomic mass is 16.1. The van der Waals surface area contributed by atoms with Gasteiger partial charge in [-0.15, -0.1) is 0 Å².